The van der Waals surface area contributed by atoms with Crippen molar-refractivity contribution in [3.63, 3.8) is 0 Å². The van der Waals surface area contributed by atoms with Gasteiger partial charge in [0.2, 0.25) is 0 Å². The largest absolute Gasteiger partial charge is 0.377 e. The highest BCUT2D eigenvalue weighted by atomic mass is 16.5. The summed E-state index contributed by atoms with van der Waals surface area (Å²) in [5.41, 5.74) is 2.26. The predicted octanol–water partition coefficient (Wildman–Crippen LogP) is 4.14. The molecule has 0 spiro atoms. The summed E-state index contributed by atoms with van der Waals surface area (Å²) in [5, 5.41) is 0. The van der Waals surface area contributed by atoms with E-state index in [2.05, 4.69) is 13.8 Å². The van der Waals surface area contributed by atoms with Crippen LogP contribution in [0.4, 0.5) is 0 Å². The van der Waals surface area contributed by atoms with Crippen molar-refractivity contribution in [3.8, 4) is 0 Å². The summed E-state index contributed by atoms with van der Waals surface area (Å²) in [5.74, 6) is 3.80. The van der Waals surface area contributed by atoms with Crippen LogP contribution in [0.25, 0.3) is 0 Å². The second-order valence-electron chi connectivity index (χ2n) is 9.26. The molecule has 5 aliphatic rings. The summed E-state index contributed by atoms with van der Waals surface area (Å²) >= 11 is 0. The van der Waals surface area contributed by atoms with Crippen molar-refractivity contribution in [1.82, 2.24) is 0 Å². The van der Waals surface area contributed by atoms with Gasteiger partial charge in [-0.2, -0.15) is 0 Å². The molecular formula is C20H28O2. The summed E-state index contributed by atoms with van der Waals surface area (Å²) in [6.45, 7) is 6.02. The van der Waals surface area contributed by atoms with Crippen LogP contribution in [0.3, 0.4) is 0 Å². The van der Waals surface area contributed by atoms with Gasteiger partial charge in [0.05, 0.1) is 12.7 Å². The molecule has 4 fully saturated rings. The molecule has 0 bridgehead atoms. The van der Waals surface area contributed by atoms with Gasteiger partial charge in [0, 0.05) is 12.3 Å². The predicted molar refractivity (Wildman–Crippen MR) is 85.3 cm³/mol. The van der Waals surface area contributed by atoms with Crippen LogP contribution in [0.5, 0.6) is 0 Å². The van der Waals surface area contributed by atoms with Crippen LogP contribution in [-0.4, -0.2) is 18.5 Å². The normalized spacial score (nSPS) is 56.2. The lowest BCUT2D eigenvalue weighted by molar-refractivity contribution is -0.162. The zero-order valence-corrected chi connectivity index (χ0v) is 13.9. The topological polar surface area (TPSA) is 26.3 Å². The first kappa shape index (κ1) is 13.8. The molecule has 0 N–H and O–H groups in total. The Morgan fingerprint density at radius 1 is 1.14 bits per heavy atom. The first-order valence-corrected chi connectivity index (χ1v) is 9.38. The fraction of sp³-hybridized carbons (Fsp3) is 0.850. The van der Waals surface area contributed by atoms with Crippen molar-refractivity contribution < 1.29 is 9.53 Å². The lowest BCUT2D eigenvalue weighted by Crippen LogP contribution is -2.53. The van der Waals surface area contributed by atoms with Crippen LogP contribution in [0.15, 0.2) is 11.6 Å². The van der Waals surface area contributed by atoms with E-state index in [4.69, 9.17) is 4.74 Å². The van der Waals surface area contributed by atoms with Crippen LogP contribution in [0.1, 0.15) is 58.8 Å². The second-order valence-corrected chi connectivity index (χ2v) is 9.26. The van der Waals surface area contributed by atoms with Crippen molar-refractivity contribution in [2.75, 3.05) is 6.61 Å². The number of ether oxygens (including phenoxy) is 1. The van der Waals surface area contributed by atoms with E-state index in [1.54, 1.807) is 0 Å². The van der Waals surface area contributed by atoms with Gasteiger partial charge in [-0.05, 0) is 73.2 Å². The molecule has 0 amide bonds. The van der Waals surface area contributed by atoms with Crippen LogP contribution in [-0.2, 0) is 9.53 Å². The van der Waals surface area contributed by atoms with E-state index >= 15 is 0 Å². The third-order valence-corrected chi connectivity index (χ3v) is 8.52. The molecule has 0 aromatic heterocycles. The molecule has 120 valence electrons. The lowest BCUT2D eigenvalue weighted by atomic mass is 9.47. The maximum Gasteiger partial charge on any atom is 0.155 e. The van der Waals surface area contributed by atoms with Crippen molar-refractivity contribution in [1.29, 1.82) is 0 Å². The number of carbonyl (C=O) groups is 1. The first-order chi connectivity index (χ1) is 10.5. The van der Waals surface area contributed by atoms with Crippen LogP contribution < -0.4 is 0 Å². The highest BCUT2D eigenvalue weighted by molar-refractivity contribution is 5.91. The van der Waals surface area contributed by atoms with Crippen LogP contribution in [0, 0.1) is 34.5 Å². The monoisotopic (exact) mass is 300 g/mol. The van der Waals surface area contributed by atoms with Crippen molar-refractivity contribution in [2.45, 2.75) is 64.9 Å². The zero-order valence-electron chi connectivity index (χ0n) is 13.9. The summed E-state index contributed by atoms with van der Waals surface area (Å²) in [7, 11) is 0. The molecule has 22 heavy (non-hydrogen) atoms. The second kappa shape index (κ2) is 4.26. The molecule has 1 heterocycles. The Kier molecular flexibility index (Phi) is 2.67. The quantitative estimate of drug-likeness (QED) is 0.672. The molecule has 2 heteroatoms. The van der Waals surface area contributed by atoms with Crippen LogP contribution in [0.2, 0.25) is 0 Å². The van der Waals surface area contributed by atoms with Gasteiger partial charge in [-0.15, -0.1) is 0 Å². The van der Waals surface area contributed by atoms with Gasteiger partial charge in [0.15, 0.2) is 5.78 Å². The van der Waals surface area contributed by atoms with Gasteiger partial charge < -0.3 is 4.74 Å². The smallest absolute Gasteiger partial charge is 0.155 e. The Morgan fingerprint density at radius 3 is 2.77 bits per heavy atom. The van der Waals surface area contributed by atoms with E-state index in [0.29, 0.717) is 22.7 Å². The maximum atomic E-state index is 11.9. The maximum absolute atomic E-state index is 11.9. The Balaban J connectivity index is 1.51. The molecule has 1 saturated heterocycles. The van der Waals surface area contributed by atoms with Crippen molar-refractivity contribution in [2.24, 2.45) is 34.5 Å². The number of hydrogen-bond acceptors (Lipinski definition) is 2. The number of ketones is 1. The van der Waals surface area contributed by atoms with E-state index in [0.717, 1.165) is 43.1 Å². The fourth-order valence-electron chi connectivity index (χ4n) is 7.28. The molecule has 7 atom stereocenters. The number of allylic oxidation sites excluding steroid dienone is 1. The summed E-state index contributed by atoms with van der Waals surface area (Å²) in [6.07, 6.45) is 11.1. The average molecular weight is 300 g/mol. The highest BCUT2D eigenvalue weighted by Gasteiger charge is 2.64. The minimum atomic E-state index is 0.320. The van der Waals surface area contributed by atoms with Gasteiger partial charge in [-0.1, -0.05) is 19.4 Å². The van der Waals surface area contributed by atoms with Gasteiger partial charge in [-0.3, -0.25) is 4.79 Å². The van der Waals surface area contributed by atoms with Crippen molar-refractivity contribution in [3.05, 3.63) is 11.6 Å². The molecule has 1 aliphatic heterocycles. The summed E-state index contributed by atoms with van der Waals surface area (Å²) < 4.78 is 6.00. The zero-order chi connectivity index (χ0) is 15.1. The Hall–Kier alpha value is -0.630. The molecule has 0 aromatic rings. The van der Waals surface area contributed by atoms with E-state index < -0.39 is 0 Å². The molecule has 5 rings (SSSR count). The molecule has 0 radical (unpaired) electrons. The van der Waals surface area contributed by atoms with Gasteiger partial charge in [-0.25, -0.2) is 0 Å². The number of rotatable bonds is 0. The first-order valence-electron chi connectivity index (χ1n) is 9.38. The van der Waals surface area contributed by atoms with Gasteiger partial charge in [0.25, 0.3) is 0 Å². The van der Waals surface area contributed by atoms with E-state index in [9.17, 15) is 4.79 Å². The van der Waals surface area contributed by atoms with Crippen LogP contribution >= 0.6 is 0 Å². The van der Waals surface area contributed by atoms with Gasteiger partial charge in [0.1, 0.15) is 0 Å². The van der Waals surface area contributed by atoms with E-state index in [1.165, 1.54) is 37.7 Å². The number of fused-ring (bicyclic) bond motifs is 7. The standard InChI is InChI=1S/C20H28O2/c1-19-7-5-14(21)10-13(19)3-4-15-16(19)6-8-20(2)17(15)9-12-11-22-18(12)20/h10,12,15-18H,3-9,11H2,1-2H3/t12-,15-,16+,17+,18+,19+,20+/m1/s1. The number of carbonyl (C=O) groups excluding carboxylic acids is 1. The molecule has 0 unspecified atom stereocenters. The molecule has 2 nitrogen and oxygen atoms in total. The highest BCUT2D eigenvalue weighted by Crippen LogP contribution is 2.67. The summed E-state index contributed by atoms with van der Waals surface area (Å²) in [4.78, 5) is 11.9. The molecule has 0 aromatic carbocycles. The number of hydrogen-bond donors (Lipinski definition) is 0. The third-order valence-electron chi connectivity index (χ3n) is 8.52. The third kappa shape index (κ3) is 1.53. The average Bonchev–Trinajstić information content (AvgIpc) is 2.65. The molecule has 4 aliphatic carbocycles. The fourth-order valence-corrected chi connectivity index (χ4v) is 7.28. The summed E-state index contributed by atoms with van der Waals surface area (Å²) in [6, 6.07) is 0. The Labute approximate surface area is 133 Å². The minimum absolute atomic E-state index is 0.320. The Morgan fingerprint density at radius 2 is 2.00 bits per heavy atom. The lowest BCUT2D eigenvalue weighted by Gasteiger charge is -2.58. The van der Waals surface area contributed by atoms with Crippen molar-refractivity contribution >= 4 is 5.78 Å². The molecule has 3 saturated carbocycles. The van der Waals surface area contributed by atoms with Gasteiger partial charge >= 0.3 is 0 Å². The van der Waals surface area contributed by atoms with E-state index in [1.807, 2.05) is 6.08 Å². The Bertz CT molecular complexity index is 564. The minimum Gasteiger partial charge on any atom is -0.377 e. The molecular weight excluding hydrogens is 272 g/mol. The van der Waals surface area contributed by atoms with E-state index in [-0.39, 0.29) is 0 Å². The SMILES string of the molecule is C[C@]12CC[C@H]3[C@@H](CCC4=CC(=O)CC[C@@]43C)[C@@H]1C[C@@H]1CO[C@@H]12.